The largest absolute Gasteiger partial charge is 0.371 e. The van der Waals surface area contributed by atoms with Gasteiger partial charge < -0.3 is 15.2 Å². The molecule has 5 aromatic rings. The topological polar surface area (TPSA) is 115 Å². The Bertz CT molecular complexity index is 1580. The Kier molecular flexibility index (Phi) is 6.04. The maximum absolute atomic E-state index is 12.2. The number of nitrogens with zero attached hydrogens (tertiary/aromatic N) is 5. The third-order valence-electron chi connectivity index (χ3n) is 6.78. The number of H-pyrrole nitrogens is 2. The van der Waals surface area contributed by atoms with Gasteiger partial charge in [-0.15, -0.1) is 0 Å². The molecule has 9 nitrogen and oxygen atoms in total. The Morgan fingerprint density at radius 2 is 1.97 bits per heavy atom. The van der Waals surface area contributed by atoms with Crippen molar-refractivity contribution in [1.29, 1.82) is 0 Å². The standard InChI is InChI=1S/C28H30N8O/c1-17(2)12-25(37)31-19-13-18(15-29-16-19)21-6-7-22-26(32-21)27(35-34-22)23-14-20-24(8-9-30-28(20)33-23)36-10-4-3-5-11-36/h6-9,13-17H,3-5,10-12H2,1-2H3,(H,30,33)(H,31,37)(H,34,35). The van der Waals surface area contributed by atoms with Crippen LogP contribution in [0.25, 0.3) is 44.7 Å². The van der Waals surface area contributed by atoms with Gasteiger partial charge in [-0.25, -0.2) is 9.97 Å². The van der Waals surface area contributed by atoms with Gasteiger partial charge in [-0.05, 0) is 55.5 Å². The number of rotatable bonds is 6. The molecule has 0 aliphatic carbocycles. The van der Waals surface area contributed by atoms with Crippen LogP contribution in [0.3, 0.4) is 0 Å². The number of pyridine rings is 3. The molecular weight excluding hydrogens is 464 g/mol. The van der Waals surface area contributed by atoms with E-state index in [1.807, 2.05) is 38.2 Å². The van der Waals surface area contributed by atoms with Gasteiger partial charge in [0.05, 0.1) is 28.8 Å². The number of hydrogen-bond donors (Lipinski definition) is 3. The molecule has 6 rings (SSSR count). The Morgan fingerprint density at radius 1 is 1.11 bits per heavy atom. The van der Waals surface area contributed by atoms with Crippen molar-refractivity contribution in [2.75, 3.05) is 23.3 Å². The molecule has 0 atom stereocenters. The van der Waals surface area contributed by atoms with E-state index >= 15 is 0 Å². The molecule has 0 spiro atoms. The number of amides is 1. The Hall–Kier alpha value is -4.27. The third kappa shape index (κ3) is 4.64. The highest BCUT2D eigenvalue weighted by Crippen LogP contribution is 2.33. The summed E-state index contributed by atoms with van der Waals surface area (Å²) >= 11 is 0. The van der Waals surface area contributed by atoms with E-state index in [-0.39, 0.29) is 11.8 Å². The first-order chi connectivity index (χ1) is 18.0. The van der Waals surface area contributed by atoms with Crippen LogP contribution in [0.1, 0.15) is 39.5 Å². The predicted octanol–water partition coefficient (Wildman–Crippen LogP) is 5.54. The van der Waals surface area contributed by atoms with E-state index in [0.717, 1.165) is 57.8 Å². The maximum Gasteiger partial charge on any atom is 0.224 e. The molecule has 1 aliphatic rings. The van der Waals surface area contributed by atoms with Crippen LogP contribution in [-0.4, -0.2) is 49.1 Å². The maximum atomic E-state index is 12.2. The lowest BCUT2D eigenvalue weighted by Crippen LogP contribution is -2.29. The molecule has 0 saturated carbocycles. The molecule has 0 bridgehead atoms. The molecule has 9 heteroatoms. The summed E-state index contributed by atoms with van der Waals surface area (Å²) in [5, 5.41) is 11.7. The fourth-order valence-corrected chi connectivity index (χ4v) is 5.03. The molecule has 1 fully saturated rings. The van der Waals surface area contributed by atoms with Gasteiger partial charge in [0, 0.05) is 48.5 Å². The minimum absolute atomic E-state index is 0.0224. The van der Waals surface area contributed by atoms with Gasteiger partial charge >= 0.3 is 0 Å². The van der Waals surface area contributed by atoms with Crippen molar-refractivity contribution in [2.45, 2.75) is 39.5 Å². The molecule has 3 N–H and O–H groups in total. The number of nitrogens with one attached hydrogen (secondary N) is 3. The molecule has 1 amide bonds. The number of fused-ring (bicyclic) bond motifs is 2. The number of piperidine rings is 1. The zero-order chi connectivity index (χ0) is 25.4. The summed E-state index contributed by atoms with van der Waals surface area (Å²) in [5.74, 6) is 0.265. The second kappa shape index (κ2) is 9.65. The first kappa shape index (κ1) is 23.1. The molecule has 0 unspecified atom stereocenters. The van der Waals surface area contributed by atoms with Gasteiger partial charge in [-0.2, -0.15) is 5.10 Å². The van der Waals surface area contributed by atoms with E-state index in [2.05, 4.69) is 47.5 Å². The van der Waals surface area contributed by atoms with Crippen LogP contribution in [0.5, 0.6) is 0 Å². The van der Waals surface area contributed by atoms with Crippen LogP contribution < -0.4 is 10.2 Å². The van der Waals surface area contributed by atoms with Crippen LogP contribution in [0.15, 0.2) is 48.9 Å². The Balaban J connectivity index is 1.35. The number of anilines is 2. The lowest BCUT2D eigenvalue weighted by Gasteiger charge is -2.29. The lowest BCUT2D eigenvalue weighted by atomic mass is 10.1. The number of carbonyl (C=O) groups is 1. The summed E-state index contributed by atoms with van der Waals surface area (Å²) in [6.45, 7) is 6.18. The van der Waals surface area contributed by atoms with E-state index < -0.39 is 0 Å². The minimum Gasteiger partial charge on any atom is -0.371 e. The molecule has 5 aromatic heterocycles. The second-order valence-electron chi connectivity index (χ2n) is 10.1. The first-order valence-electron chi connectivity index (χ1n) is 12.9. The van der Waals surface area contributed by atoms with Crippen molar-refractivity contribution >= 4 is 39.3 Å². The van der Waals surface area contributed by atoms with Crippen molar-refractivity contribution in [3.63, 3.8) is 0 Å². The Labute approximate surface area is 214 Å². The fraction of sp³-hybridized carbons (Fsp3) is 0.321. The van der Waals surface area contributed by atoms with Gasteiger partial charge in [-0.3, -0.25) is 14.9 Å². The number of carbonyl (C=O) groups excluding carboxylic acids is 1. The molecule has 6 heterocycles. The highest BCUT2D eigenvalue weighted by atomic mass is 16.1. The summed E-state index contributed by atoms with van der Waals surface area (Å²) in [4.78, 5) is 32.0. The highest BCUT2D eigenvalue weighted by molar-refractivity contribution is 5.98. The van der Waals surface area contributed by atoms with E-state index in [9.17, 15) is 4.79 Å². The van der Waals surface area contributed by atoms with Crippen LogP contribution in [-0.2, 0) is 4.79 Å². The second-order valence-corrected chi connectivity index (χ2v) is 10.1. The average molecular weight is 495 g/mol. The zero-order valence-corrected chi connectivity index (χ0v) is 21.1. The van der Waals surface area contributed by atoms with Crippen molar-refractivity contribution in [3.05, 3.63) is 48.9 Å². The molecule has 0 radical (unpaired) electrons. The first-order valence-corrected chi connectivity index (χ1v) is 12.9. The van der Waals surface area contributed by atoms with Crippen molar-refractivity contribution in [1.82, 2.24) is 30.1 Å². The van der Waals surface area contributed by atoms with Crippen molar-refractivity contribution in [3.8, 4) is 22.6 Å². The van der Waals surface area contributed by atoms with E-state index in [1.165, 1.54) is 24.9 Å². The zero-order valence-electron chi connectivity index (χ0n) is 21.1. The Morgan fingerprint density at radius 3 is 2.81 bits per heavy atom. The molecule has 188 valence electrons. The van der Waals surface area contributed by atoms with E-state index in [0.29, 0.717) is 12.1 Å². The average Bonchev–Trinajstić information content (AvgIpc) is 3.52. The third-order valence-corrected chi connectivity index (χ3v) is 6.78. The van der Waals surface area contributed by atoms with Gasteiger partial charge in [0.1, 0.15) is 16.9 Å². The van der Waals surface area contributed by atoms with Crippen molar-refractivity contribution < 1.29 is 4.79 Å². The summed E-state index contributed by atoms with van der Waals surface area (Å²) in [6, 6.07) is 10.0. The van der Waals surface area contributed by atoms with E-state index in [4.69, 9.17) is 4.98 Å². The highest BCUT2D eigenvalue weighted by Gasteiger charge is 2.19. The quantitative estimate of drug-likeness (QED) is 0.286. The molecule has 1 aliphatic heterocycles. The van der Waals surface area contributed by atoms with Gasteiger partial charge in [0.15, 0.2) is 0 Å². The monoisotopic (exact) mass is 494 g/mol. The van der Waals surface area contributed by atoms with Gasteiger partial charge in [0.25, 0.3) is 0 Å². The number of aromatic nitrogens is 6. The SMILES string of the molecule is CC(C)CC(=O)Nc1cncc(-c2ccc3[nH]nc(-c4cc5c(N6CCCCC6)ccnc5[nH]4)c3n2)c1. The number of aromatic amines is 2. The van der Waals surface area contributed by atoms with Crippen LogP contribution >= 0.6 is 0 Å². The smallest absolute Gasteiger partial charge is 0.224 e. The van der Waals surface area contributed by atoms with Crippen molar-refractivity contribution in [2.24, 2.45) is 5.92 Å². The summed E-state index contributed by atoms with van der Waals surface area (Å²) in [7, 11) is 0. The normalized spacial score (nSPS) is 14.1. The fourth-order valence-electron chi connectivity index (χ4n) is 5.03. The number of hydrogen-bond acceptors (Lipinski definition) is 6. The summed E-state index contributed by atoms with van der Waals surface area (Å²) < 4.78 is 0. The minimum atomic E-state index is -0.0224. The predicted molar refractivity (Wildman–Crippen MR) is 146 cm³/mol. The van der Waals surface area contributed by atoms with Crippen LogP contribution in [0.2, 0.25) is 0 Å². The van der Waals surface area contributed by atoms with Crippen LogP contribution in [0, 0.1) is 5.92 Å². The summed E-state index contributed by atoms with van der Waals surface area (Å²) in [5.41, 5.74) is 7.51. The lowest BCUT2D eigenvalue weighted by molar-refractivity contribution is -0.116. The molecular formula is C28H30N8O. The molecule has 37 heavy (non-hydrogen) atoms. The van der Waals surface area contributed by atoms with Gasteiger partial charge in [0.2, 0.25) is 5.91 Å². The van der Waals surface area contributed by atoms with Crippen LogP contribution in [0.4, 0.5) is 11.4 Å². The summed E-state index contributed by atoms with van der Waals surface area (Å²) in [6.07, 6.45) is 9.46. The molecule has 0 aromatic carbocycles. The van der Waals surface area contributed by atoms with E-state index in [1.54, 1.807) is 12.4 Å². The van der Waals surface area contributed by atoms with Gasteiger partial charge in [-0.1, -0.05) is 13.8 Å². The molecule has 1 saturated heterocycles.